The van der Waals surface area contributed by atoms with Crippen molar-refractivity contribution in [2.24, 2.45) is 5.92 Å². The predicted octanol–water partition coefficient (Wildman–Crippen LogP) is 5.21. The van der Waals surface area contributed by atoms with E-state index in [9.17, 15) is 14.7 Å². The number of carboxylic acid groups (broad SMARTS) is 1. The fourth-order valence-corrected chi connectivity index (χ4v) is 3.70. The van der Waals surface area contributed by atoms with Crippen molar-refractivity contribution in [3.63, 3.8) is 0 Å². The normalized spacial score (nSPS) is 15.1. The van der Waals surface area contributed by atoms with Gasteiger partial charge in [0.2, 0.25) is 5.91 Å². The highest BCUT2D eigenvalue weighted by Crippen LogP contribution is 2.27. The Labute approximate surface area is 177 Å². The molecular formula is C22H22INO4. The van der Waals surface area contributed by atoms with Gasteiger partial charge < -0.3 is 15.2 Å². The summed E-state index contributed by atoms with van der Waals surface area (Å²) < 4.78 is 6.85. The van der Waals surface area contributed by atoms with Gasteiger partial charge in [0.05, 0.1) is 3.57 Å². The van der Waals surface area contributed by atoms with Crippen LogP contribution in [0.25, 0.3) is 6.08 Å². The molecule has 1 amide bonds. The van der Waals surface area contributed by atoms with Crippen molar-refractivity contribution in [1.82, 2.24) is 5.32 Å². The zero-order valence-electron chi connectivity index (χ0n) is 15.4. The number of nitrogens with one attached hydrogen (secondary N) is 1. The van der Waals surface area contributed by atoms with Crippen molar-refractivity contribution >= 4 is 40.5 Å². The van der Waals surface area contributed by atoms with E-state index < -0.39 is 5.97 Å². The fraction of sp³-hybridized carbons (Fsp3) is 0.273. The SMILES string of the molecule is O=C(O)/C(=C\c1ccc(Oc2ccccc2I)cc1)NC(=O)C1CCCCC1. The number of halogens is 1. The van der Waals surface area contributed by atoms with Gasteiger partial charge in [0.15, 0.2) is 0 Å². The van der Waals surface area contributed by atoms with Crippen molar-refractivity contribution in [2.45, 2.75) is 32.1 Å². The maximum absolute atomic E-state index is 12.4. The Morgan fingerprint density at radius 1 is 1.04 bits per heavy atom. The minimum atomic E-state index is -1.15. The van der Waals surface area contributed by atoms with Crippen LogP contribution in [0, 0.1) is 9.49 Å². The summed E-state index contributed by atoms with van der Waals surface area (Å²) in [5.74, 6) is -0.0300. The Morgan fingerprint density at radius 2 is 1.71 bits per heavy atom. The Hall–Kier alpha value is -2.35. The summed E-state index contributed by atoms with van der Waals surface area (Å²) in [6.45, 7) is 0. The van der Waals surface area contributed by atoms with E-state index in [0.29, 0.717) is 11.3 Å². The molecule has 0 spiro atoms. The number of carboxylic acids is 1. The maximum atomic E-state index is 12.4. The first kappa shape index (κ1) is 20.4. The van der Waals surface area contributed by atoms with Crippen LogP contribution in [0.3, 0.4) is 0 Å². The van der Waals surface area contributed by atoms with Crippen LogP contribution >= 0.6 is 22.6 Å². The van der Waals surface area contributed by atoms with E-state index in [1.165, 1.54) is 6.08 Å². The summed E-state index contributed by atoms with van der Waals surface area (Å²) in [5.41, 5.74) is 0.568. The second-order valence-electron chi connectivity index (χ2n) is 6.79. The van der Waals surface area contributed by atoms with Gasteiger partial charge in [0.25, 0.3) is 0 Å². The Bertz CT molecular complexity index is 870. The van der Waals surface area contributed by atoms with Crippen LogP contribution in [0.5, 0.6) is 11.5 Å². The lowest BCUT2D eigenvalue weighted by Crippen LogP contribution is -2.33. The van der Waals surface area contributed by atoms with Crippen LogP contribution in [0.1, 0.15) is 37.7 Å². The monoisotopic (exact) mass is 491 g/mol. The Kier molecular flexibility index (Phi) is 7.08. The Morgan fingerprint density at radius 3 is 2.36 bits per heavy atom. The number of rotatable bonds is 6. The molecular weight excluding hydrogens is 469 g/mol. The lowest BCUT2D eigenvalue weighted by atomic mass is 9.88. The molecule has 2 aromatic rings. The van der Waals surface area contributed by atoms with Gasteiger partial charge in [0.1, 0.15) is 17.2 Å². The van der Waals surface area contributed by atoms with E-state index in [4.69, 9.17) is 4.74 Å². The van der Waals surface area contributed by atoms with Gasteiger partial charge in [-0.15, -0.1) is 0 Å². The number of ether oxygens (including phenoxy) is 1. The smallest absolute Gasteiger partial charge is 0.352 e. The van der Waals surface area contributed by atoms with Crippen LogP contribution in [-0.2, 0) is 9.59 Å². The average Bonchev–Trinajstić information content (AvgIpc) is 2.71. The molecule has 0 atom stereocenters. The predicted molar refractivity (Wildman–Crippen MR) is 116 cm³/mol. The van der Waals surface area contributed by atoms with Crippen LogP contribution in [0.4, 0.5) is 0 Å². The molecule has 0 heterocycles. The molecule has 2 aromatic carbocycles. The van der Waals surface area contributed by atoms with Gasteiger partial charge in [-0.25, -0.2) is 4.79 Å². The number of benzene rings is 2. The van der Waals surface area contributed by atoms with E-state index in [1.807, 2.05) is 24.3 Å². The van der Waals surface area contributed by atoms with E-state index in [2.05, 4.69) is 27.9 Å². The summed E-state index contributed by atoms with van der Waals surface area (Å²) in [7, 11) is 0. The molecule has 1 saturated carbocycles. The molecule has 28 heavy (non-hydrogen) atoms. The molecule has 2 N–H and O–H groups in total. The number of hydrogen-bond donors (Lipinski definition) is 2. The molecule has 6 heteroatoms. The molecule has 0 aliphatic heterocycles. The van der Waals surface area contributed by atoms with Crippen molar-refractivity contribution in [1.29, 1.82) is 0 Å². The van der Waals surface area contributed by atoms with Crippen LogP contribution in [0.15, 0.2) is 54.2 Å². The zero-order valence-corrected chi connectivity index (χ0v) is 17.5. The molecule has 1 fully saturated rings. The molecule has 1 aliphatic rings. The van der Waals surface area contributed by atoms with E-state index in [-0.39, 0.29) is 17.5 Å². The molecule has 0 radical (unpaired) electrons. The molecule has 5 nitrogen and oxygen atoms in total. The summed E-state index contributed by atoms with van der Waals surface area (Å²) in [4.78, 5) is 23.9. The standard InChI is InChI=1S/C22H22INO4/c23-18-8-4-5-9-20(18)28-17-12-10-15(11-13-17)14-19(22(26)27)24-21(25)16-6-2-1-3-7-16/h4-5,8-14,16H,1-3,6-7H2,(H,24,25)(H,26,27)/b19-14+. The molecule has 3 rings (SSSR count). The third kappa shape index (κ3) is 5.58. The van der Waals surface area contributed by atoms with Crippen LogP contribution in [-0.4, -0.2) is 17.0 Å². The molecule has 0 unspecified atom stereocenters. The average molecular weight is 491 g/mol. The van der Waals surface area contributed by atoms with Gasteiger partial charge in [-0.05, 0) is 71.3 Å². The van der Waals surface area contributed by atoms with Crippen molar-refractivity contribution in [3.8, 4) is 11.5 Å². The van der Waals surface area contributed by atoms with E-state index in [1.54, 1.807) is 24.3 Å². The second-order valence-corrected chi connectivity index (χ2v) is 7.95. The van der Waals surface area contributed by atoms with Crippen molar-refractivity contribution < 1.29 is 19.4 Å². The minimum absolute atomic E-state index is 0.0966. The van der Waals surface area contributed by atoms with Gasteiger partial charge in [-0.1, -0.05) is 43.5 Å². The summed E-state index contributed by atoms with van der Waals surface area (Å²) in [6.07, 6.45) is 6.30. The zero-order chi connectivity index (χ0) is 19.9. The number of hydrogen-bond acceptors (Lipinski definition) is 3. The van der Waals surface area contributed by atoms with Gasteiger partial charge in [-0.2, -0.15) is 0 Å². The second kappa shape index (κ2) is 9.73. The van der Waals surface area contributed by atoms with Gasteiger partial charge in [0, 0.05) is 5.92 Å². The van der Waals surface area contributed by atoms with Crippen molar-refractivity contribution in [2.75, 3.05) is 0 Å². The van der Waals surface area contributed by atoms with E-state index >= 15 is 0 Å². The summed E-state index contributed by atoms with van der Waals surface area (Å²) in [6, 6.07) is 14.8. The highest BCUT2D eigenvalue weighted by Gasteiger charge is 2.23. The quantitative estimate of drug-likeness (QED) is 0.430. The minimum Gasteiger partial charge on any atom is -0.477 e. The largest absolute Gasteiger partial charge is 0.477 e. The lowest BCUT2D eigenvalue weighted by molar-refractivity contribution is -0.135. The number of aliphatic carboxylic acids is 1. The summed E-state index contributed by atoms with van der Waals surface area (Å²) in [5, 5.41) is 12.0. The first-order chi connectivity index (χ1) is 13.5. The third-order valence-electron chi connectivity index (χ3n) is 4.72. The first-order valence-corrected chi connectivity index (χ1v) is 10.4. The molecule has 0 saturated heterocycles. The molecule has 0 aromatic heterocycles. The number of carbonyl (C=O) groups excluding carboxylic acids is 1. The topological polar surface area (TPSA) is 75.6 Å². The Balaban J connectivity index is 1.69. The van der Waals surface area contributed by atoms with E-state index in [0.717, 1.165) is 41.4 Å². The maximum Gasteiger partial charge on any atom is 0.352 e. The molecule has 0 bridgehead atoms. The highest BCUT2D eigenvalue weighted by molar-refractivity contribution is 14.1. The number of carbonyl (C=O) groups is 2. The van der Waals surface area contributed by atoms with Gasteiger partial charge in [-0.3, -0.25) is 4.79 Å². The number of para-hydroxylation sites is 1. The van der Waals surface area contributed by atoms with Crippen molar-refractivity contribution in [3.05, 3.63) is 63.4 Å². The first-order valence-electron chi connectivity index (χ1n) is 9.31. The lowest BCUT2D eigenvalue weighted by Gasteiger charge is -2.20. The molecule has 146 valence electrons. The fourth-order valence-electron chi connectivity index (χ4n) is 3.20. The van der Waals surface area contributed by atoms with Crippen LogP contribution < -0.4 is 10.1 Å². The van der Waals surface area contributed by atoms with Crippen LogP contribution in [0.2, 0.25) is 0 Å². The van der Waals surface area contributed by atoms with Gasteiger partial charge >= 0.3 is 5.97 Å². The molecule has 1 aliphatic carbocycles. The summed E-state index contributed by atoms with van der Waals surface area (Å²) >= 11 is 2.21. The highest BCUT2D eigenvalue weighted by atomic mass is 127. The third-order valence-corrected chi connectivity index (χ3v) is 5.61. The number of amides is 1.